The largest absolute Gasteiger partial charge is 0.274 e. The number of amides is 2. The summed E-state index contributed by atoms with van der Waals surface area (Å²) in [5.41, 5.74) is 4.32. The first-order valence-electron chi connectivity index (χ1n) is 10.5. The SMILES string of the molecule is CC(=C1[C@H]2C=C[C@H]1[C@H]1C(=O)N(c3cccc4ccccc34)C(=O)[C@@H]12)c1ccccc1. The lowest BCUT2D eigenvalue weighted by Crippen LogP contribution is -2.33. The minimum atomic E-state index is -0.292. The first kappa shape index (κ1) is 17.4. The molecule has 1 aliphatic heterocycles. The van der Waals surface area contributed by atoms with E-state index in [1.165, 1.54) is 16.0 Å². The summed E-state index contributed by atoms with van der Waals surface area (Å²) in [7, 11) is 0. The molecule has 3 heteroatoms. The van der Waals surface area contributed by atoms with Crippen molar-refractivity contribution in [1.82, 2.24) is 0 Å². The van der Waals surface area contributed by atoms with Crippen LogP contribution in [-0.4, -0.2) is 11.8 Å². The van der Waals surface area contributed by atoms with E-state index in [1.54, 1.807) is 0 Å². The second kappa shape index (κ2) is 6.27. The number of benzene rings is 3. The number of hydrogen-bond acceptors (Lipinski definition) is 2. The van der Waals surface area contributed by atoms with E-state index in [0.29, 0.717) is 5.69 Å². The summed E-state index contributed by atoms with van der Waals surface area (Å²) < 4.78 is 0. The van der Waals surface area contributed by atoms with Crippen molar-refractivity contribution in [2.24, 2.45) is 23.7 Å². The summed E-state index contributed by atoms with van der Waals surface area (Å²) >= 11 is 0. The number of carbonyl (C=O) groups is 2. The molecule has 3 aromatic rings. The molecule has 3 nitrogen and oxygen atoms in total. The number of imide groups is 1. The van der Waals surface area contributed by atoms with Crippen molar-refractivity contribution in [1.29, 1.82) is 0 Å². The maximum absolute atomic E-state index is 13.6. The highest BCUT2D eigenvalue weighted by Crippen LogP contribution is 2.58. The molecule has 0 unspecified atom stereocenters. The monoisotopic (exact) mass is 391 g/mol. The number of allylic oxidation sites excluding steroid dienone is 4. The predicted molar refractivity (Wildman–Crippen MR) is 119 cm³/mol. The van der Waals surface area contributed by atoms with Crippen LogP contribution in [0.25, 0.3) is 16.3 Å². The van der Waals surface area contributed by atoms with E-state index in [0.717, 1.165) is 16.3 Å². The molecule has 3 aliphatic rings. The Morgan fingerprint density at radius 2 is 1.33 bits per heavy atom. The fourth-order valence-electron chi connectivity index (χ4n) is 5.76. The Labute approximate surface area is 175 Å². The lowest BCUT2D eigenvalue weighted by molar-refractivity contribution is -0.122. The smallest absolute Gasteiger partial charge is 0.238 e. The van der Waals surface area contributed by atoms with Crippen LogP contribution >= 0.6 is 0 Å². The Bertz CT molecular complexity index is 1230. The number of fused-ring (bicyclic) bond motifs is 6. The standard InChI is InChI=1S/C27H21NO2/c1-16(17-8-3-2-4-9-17)23-20-14-15-21(23)25-24(20)26(29)28(27(25)30)22-13-7-11-18-10-5-6-12-19(18)22/h2-15,20-21,24-25H,1H3/t20-,21-,24-,25-/m1/s1. The summed E-state index contributed by atoms with van der Waals surface area (Å²) in [5, 5.41) is 1.98. The molecule has 30 heavy (non-hydrogen) atoms. The maximum Gasteiger partial charge on any atom is 0.238 e. The van der Waals surface area contributed by atoms with Gasteiger partial charge in [0.15, 0.2) is 0 Å². The van der Waals surface area contributed by atoms with Crippen LogP contribution in [0.5, 0.6) is 0 Å². The fourth-order valence-corrected chi connectivity index (χ4v) is 5.76. The van der Waals surface area contributed by atoms with Gasteiger partial charge >= 0.3 is 0 Å². The van der Waals surface area contributed by atoms with E-state index in [9.17, 15) is 9.59 Å². The van der Waals surface area contributed by atoms with Gasteiger partial charge in [0.05, 0.1) is 17.5 Å². The van der Waals surface area contributed by atoms with Crippen LogP contribution in [0.1, 0.15) is 12.5 Å². The van der Waals surface area contributed by atoms with Crippen LogP contribution in [0.2, 0.25) is 0 Å². The molecule has 0 radical (unpaired) electrons. The topological polar surface area (TPSA) is 37.4 Å². The maximum atomic E-state index is 13.6. The summed E-state index contributed by atoms with van der Waals surface area (Å²) in [6.45, 7) is 2.12. The van der Waals surface area contributed by atoms with Gasteiger partial charge in [0.1, 0.15) is 0 Å². The highest BCUT2D eigenvalue weighted by molar-refractivity contribution is 6.26. The predicted octanol–water partition coefficient (Wildman–Crippen LogP) is 5.23. The highest BCUT2D eigenvalue weighted by Gasteiger charge is 2.62. The highest BCUT2D eigenvalue weighted by atomic mass is 16.2. The molecule has 3 aromatic carbocycles. The second-order valence-electron chi connectivity index (χ2n) is 8.44. The zero-order valence-electron chi connectivity index (χ0n) is 16.7. The Morgan fingerprint density at radius 3 is 2.03 bits per heavy atom. The van der Waals surface area contributed by atoms with E-state index < -0.39 is 0 Å². The second-order valence-corrected chi connectivity index (χ2v) is 8.44. The number of carbonyl (C=O) groups excluding carboxylic acids is 2. The normalized spacial score (nSPS) is 26.7. The van der Waals surface area contributed by atoms with Crippen molar-refractivity contribution in [3.8, 4) is 0 Å². The third-order valence-corrected chi connectivity index (χ3v) is 7.06. The number of anilines is 1. The van der Waals surface area contributed by atoms with Gasteiger partial charge in [-0.2, -0.15) is 0 Å². The third-order valence-electron chi connectivity index (χ3n) is 7.06. The average Bonchev–Trinajstić information content (AvgIpc) is 3.43. The van der Waals surface area contributed by atoms with Crippen LogP contribution in [-0.2, 0) is 9.59 Å². The van der Waals surface area contributed by atoms with Gasteiger partial charge in [-0.05, 0) is 29.5 Å². The van der Waals surface area contributed by atoms with Crippen molar-refractivity contribution in [3.05, 3.63) is 96.1 Å². The number of nitrogens with zero attached hydrogens (tertiary/aromatic N) is 1. The summed E-state index contributed by atoms with van der Waals surface area (Å²) in [6.07, 6.45) is 4.29. The summed E-state index contributed by atoms with van der Waals surface area (Å²) in [6, 6.07) is 24.0. The molecule has 1 heterocycles. The van der Waals surface area contributed by atoms with Gasteiger partial charge in [0.25, 0.3) is 0 Å². The van der Waals surface area contributed by atoms with Crippen LogP contribution in [0.4, 0.5) is 5.69 Å². The molecule has 4 atom stereocenters. The molecule has 2 amide bonds. The minimum Gasteiger partial charge on any atom is -0.274 e. The van der Waals surface area contributed by atoms with Gasteiger partial charge in [-0.15, -0.1) is 0 Å². The van der Waals surface area contributed by atoms with Crippen LogP contribution < -0.4 is 4.90 Å². The van der Waals surface area contributed by atoms with Crippen molar-refractivity contribution < 1.29 is 9.59 Å². The quantitative estimate of drug-likeness (QED) is 0.443. The van der Waals surface area contributed by atoms with Crippen LogP contribution in [0.3, 0.4) is 0 Å². The van der Waals surface area contributed by atoms with Gasteiger partial charge in [-0.25, -0.2) is 4.90 Å². The number of rotatable bonds is 2. The molecule has 1 saturated heterocycles. The minimum absolute atomic E-state index is 0.0108. The molecule has 2 bridgehead atoms. The molecule has 0 spiro atoms. The van der Waals surface area contributed by atoms with Crippen molar-refractivity contribution in [2.45, 2.75) is 6.92 Å². The molecule has 146 valence electrons. The van der Waals surface area contributed by atoms with Crippen LogP contribution in [0.15, 0.2) is 90.5 Å². The van der Waals surface area contributed by atoms with E-state index in [1.807, 2.05) is 60.7 Å². The molecule has 6 rings (SSSR count). The molecule has 0 N–H and O–H groups in total. The first-order valence-corrected chi connectivity index (χ1v) is 10.5. The van der Waals surface area contributed by atoms with Gasteiger partial charge in [0, 0.05) is 17.2 Å². The first-order chi connectivity index (χ1) is 14.7. The summed E-state index contributed by atoms with van der Waals surface area (Å²) in [4.78, 5) is 28.6. The lowest BCUT2D eigenvalue weighted by Gasteiger charge is -2.21. The van der Waals surface area contributed by atoms with E-state index in [-0.39, 0.29) is 35.5 Å². The summed E-state index contributed by atoms with van der Waals surface area (Å²) in [5.74, 6) is -0.679. The Kier molecular flexibility index (Phi) is 3.64. The van der Waals surface area contributed by atoms with Gasteiger partial charge in [-0.3, -0.25) is 9.59 Å². The third kappa shape index (κ3) is 2.20. The molecule has 1 saturated carbocycles. The Hall–Kier alpha value is -3.46. The molecule has 0 aromatic heterocycles. The van der Waals surface area contributed by atoms with Gasteiger partial charge in [0.2, 0.25) is 11.8 Å². The van der Waals surface area contributed by atoms with E-state index >= 15 is 0 Å². The molecular weight excluding hydrogens is 370 g/mol. The Morgan fingerprint density at radius 1 is 0.733 bits per heavy atom. The molecule has 2 aliphatic carbocycles. The number of hydrogen-bond donors (Lipinski definition) is 0. The molecular formula is C27H21NO2. The van der Waals surface area contributed by atoms with Crippen molar-refractivity contribution in [3.63, 3.8) is 0 Å². The van der Waals surface area contributed by atoms with Crippen molar-refractivity contribution >= 4 is 33.8 Å². The van der Waals surface area contributed by atoms with E-state index in [4.69, 9.17) is 0 Å². The van der Waals surface area contributed by atoms with Crippen molar-refractivity contribution in [2.75, 3.05) is 4.90 Å². The average molecular weight is 391 g/mol. The fraction of sp³-hybridized carbons (Fsp3) is 0.185. The van der Waals surface area contributed by atoms with Crippen LogP contribution in [0, 0.1) is 23.7 Å². The Balaban J connectivity index is 1.45. The zero-order valence-corrected chi connectivity index (χ0v) is 16.7. The lowest BCUT2D eigenvalue weighted by atomic mass is 9.85. The van der Waals surface area contributed by atoms with E-state index in [2.05, 4.69) is 31.2 Å². The van der Waals surface area contributed by atoms with Gasteiger partial charge in [-0.1, -0.05) is 84.5 Å². The van der Waals surface area contributed by atoms with Gasteiger partial charge < -0.3 is 0 Å². The zero-order chi connectivity index (χ0) is 20.4. The molecule has 2 fully saturated rings.